The minimum absolute atomic E-state index is 0.0389. The van der Waals surface area contributed by atoms with Gasteiger partial charge in [0.05, 0.1) is 41.9 Å². The topological polar surface area (TPSA) is 180 Å². The molecule has 2 unspecified atom stereocenters. The van der Waals surface area contributed by atoms with Crippen molar-refractivity contribution in [3.8, 4) is 28.5 Å². The molecule has 2 heterocycles. The van der Waals surface area contributed by atoms with Crippen molar-refractivity contribution in [2.75, 3.05) is 19.8 Å². The van der Waals surface area contributed by atoms with Gasteiger partial charge in [-0.25, -0.2) is 14.7 Å². The van der Waals surface area contributed by atoms with E-state index in [9.17, 15) is 9.59 Å². The summed E-state index contributed by atoms with van der Waals surface area (Å²) in [5.41, 5.74) is 9.26. The van der Waals surface area contributed by atoms with Crippen LogP contribution >= 0.6 is 0 Å². The molecule has 0 saturated carbocycles. The molecule has 0 fully saturated rings. The minimum atomic E-state index is -1.24. The maximum absolute atomic E-state index is 13.7. The van der Waals surface area contributed by atoms with Gasteiger partial charge in [0.2, 0.25) is 6.29 Å². The summed E-state index contributed by atoms with van der Waals surface area (Å²) in [5.74, 6) is -0.0880. The number of nitrogens with one attached hydrogen (secondary N) is 2. The number of imidazole rings is 1. The van der Waals surface area contributed by atoms with Gasteiger partial charge in [0, 0.05) is 12.5 Å². The van der Waals surface area contributed by atoms with Crippen molar-refractivity contribution in [2.24, 2.45) is 5.28 Å². The van der Waals surface area contributed by atoms with E-state index in [1.165, 1.54) is 6.92 Å². The number of aromatic amines is 1. The molecule has 0 spiro atoms. The Labute approximate surface area is 345 Å². The van der Waals surface area contributed by atoms with Gasteiger partial charge in [0.25, 0.3) is 6.01 Å². The van der Waals surface area contributed by atoms with E-state index in [1.54, 1.807) is 22.7 Å². The molecule has 0 aliphatic heterocycles. The highest BCUT2D eigenvalue weighted by molar-refractivity contribution is 6.02. The molecule has 308 valence electrons. The van der Waals surface area contributed by atoms with E-state index in [2.05, 4.69) is 57.1 Å². The lowest BCUT2D eigenvalue weighted by atomic mass is 9.93. The van der Waals surface area contributed by atoms with Gasteiger partial charge in [-0.05, 0) is 91.3 Å². The molecule has 2 N–H and O–H groups in total. The zero-order chi connectivity index (χ0) is 41.8. The zero-order valence-corrected chi connectivity index (χ0v) is 36.1. The minimum Gasteiger partial charge on any atom is -0.465 e. The Hall–Kier alpha value is -6.62. The van der Waals surface area contributed by atoms with Crippen LogP contribution in [0.15, 0.2) is 102 Å². The number of hydrogen-bond donors (Lipinski definition) is 2. The Bertz CT molecular complexity index is 2330. The summed E-state index contributed by atoms with van der Waals surface area (Å²) in [6.07, 6.45) is -1.01. The molecule has 2 aromatic heterocycles. The molecule has 0 aliphatic rings. The number of H-pyrrole nitrogens is 1. The molecule has 59 heavy (non-hydrogen) atoms. The van der Waals surface area contributed by atoms with Crippen LogP contribution in [-0.2, 0) is 25.6 Å². The fourth-order valence-corrected chi connectivity index (χ4v) is 7.41. The molecule has 6 aromatic rings. The van der Waals surface area contributed by atoms with Crippen LogP contribution in [0, 0.1) is 0 Å². The van der Waals surface area contributed by atoms with Crippen molar-refractivity contribution in [1.29, 1.82) is 0 Å². The van der Waals surface area contributed by atoms with Gasteiger partial charge in [-0.1, -0.05) is 89.4 Å². The highest BCUT2D eigenvalue weighted by Crippen LogP contribution is 2.31. The molecular formula is C42H50N9O7Si+. The number of ether oxygens (including phenoxy) is 4. The summed E-state index contributed by atoms with van der Waals surface area (Å²) >= 11 is 0. The number of nitrogens with zero attached hydrogens (tertiary/aromatic N) is 7. The number of rotatable bonds is 18. The third-order valence-electron chi connectivity index (χ3n) is 9.09. The molecule has 0 radical (unpaired) electrons. The first-order valence-electron chi connectivity index (χ1n) is 19.5. The molecule has 17 heteroatoms. The Kier molecular flexibility index (Phi) is 14.0. The van der Waals surface area contributed by atoms with E-state index in [1.807, 2.05) is 90.4 Å². The van der Waals surface area contributed by atoms with Crippen LogP contribution in [0.1, 0.15) is 74.9 Å². The van der Waals surface area contributed by atoms with Gasteiger partial charge in [0.1, 0.15) is 6.61 Å². The van der Waals surface area contributed by atoms with Crippen LogP contribution in [0.5, 0.6) is 6.01 Å². The zero-order valence-electron chi connectivity index (χ0n) is 34.1. The third-order valence-corrected chi connectivity index (χ3v) is 9.47. The summed E-state index contributed by atoms with van der Waals surface area (Å²) < 4.78 is 25.8. The van der Waals surface area contributed by atoms with E-state index in [-0.39, 0.29) is 23.6 Å². The predicted molar refractivity (Wildman–Crippen MR) is 222 cm³/mol. The van der Waals surface area contributed by atoms with Gasteiger partial charge >= 0.3 is 22.5 Å². The number of tetrazole rings is 1. The second kappa shape index (κ2) is 19.7. The van der Waals surface area contributed by atoms with Crippen molar-refractivity contribution in [1.82, 2.24) is 35.6 Å². The van der Waals surface area contributed by atoms with Gasteiger partial charge in [-0.15, -0.1) is 5.10 Å². The fraction of sp³-hybridized carbons (Fsp3) is 0.333. The molecule has 2 atom stereocenters. The van der Waals surface area contributed by atoms with Gasteiger partial charge in [-0.2, -0.15) is 10.4 Å². The number of fused-ring (bicyclic) bond motifs is 1. The van der Waals surface area contributed by atoms with E-state index in [0.717, 1.165) is 27.8 Å². The summed E-state index contributed by atoms with van der Waals surface area (Å²) in [4.78, 5) is 36.7. The third kappa shape index (κ3) is 11.5. The first kappa shape index (κ1) is 42.0. The van der Waals surface area contributed by atoms with E-state index in [0.29, 0.717) is 65.9 Å². The van der Waals surface area contributed by atoms with Gasteiger partial charge in [0.15, 0.2) is 11.1 Å². The standard InChI is InChI=1S/C42H50N9O7Si/c1-6-54-40-43-36-18-12-17-35(37(36)50(40)27-29-19-21-32(22-20-29)33-15-10-11-16-34(33)38-44-47-48-45-38)39(52)57-28(2)58-41(53)55-25-23-31(30-13-8-7-9-14-30)24-26-56-49-51(59)46-42(3,4)5/h7-22,28,31H,6,23-27H2,1-5,59H3,(H,46,49)(H,44,45,47,48)/q+1. The second-order valence-corrected chi connectivity index (χ2v) is 15.6. The molecule has 0 aliphatic carbocycles. The molecule has 0 saturated heterocycles. The lowest BCUT2D eigenvalue weighted by Crippen LogP contribution is -2.42. The van der Waals surface area contributed by atoms with Crippen molar-refractivity contribution in [3.05, 3.63) is 114 Å². The van der Waals surface area contributed by atoms with Crippen LogP contribution in [0.4, 0.5) is 4.79 Å². The van der Waals surface area contributed by atoms with E-state index >= 15 is 0 Å². The SMILES string of the molecule is CCOc1nc2cccc(C(=O)OC(C)OC(=O)OCCC(CCO/N=[N+](\[SiH3])NC(C)(C)C)c3ccccc3)c2n1Cc1ccc(-c2ccccc2-c2nnn[nH]2)cc1. The molecule has 0 bridgehead atoms. The Morgan fingerprint density at radius 1 is 0.915 bits per heavy atom. The summed E-state index contributed by atoms with van der Waals surface area (Å²) in [7, 11) is 0.647. The normalized spacial score (nSPS) is 12.8. The monoisotopic (exact) mass is 820 g/mol. The largest absolute Gasteiger partial charge is 0.511 e. The maximum atomic E-state index is 13.7. The summed E-state index contributed by atoms with van der Waals surface area (Å²) in [6, 6.07) is 31.4. The average molecular weight is 821 g/mol. The fourth-order valence-electron chi connectivity index (χ4n) is 6.63. The Morgan fingerprint density at radius 2 is 1.64 bits per heavy atom. The molecule has 4 aromatic carbocycles. The number of benzene rings is 4. The van der Waals surface area contributed by atoms with Crippen LogP contribution in [0.25, 0.3) is 33.5 Å². The number of hydrogen-bond acceptors (Lipinski definition) is 12. The highest BCUT2D eigenvalue weighted by atomic mass is 28.2. The average Bonchev–Trinajstić information content (AvgIpc) is 3.87. The van der Waals surface area contributed by atoms with E-state index < -0.39 is 18.4 Å². The molecular weight excluding hydrogens is 771 g/mol. The van der Waals surface area contributed by atoms with Crippen molar-refractivity contribution in [2.45, 2.75) is 71.8 Å². The van der Waals surface area contributed by atoms with Crippen LogP contribution in [-0.4, -0.2) is 88.8 Å². The first-order valence-corrected chi connectivity index (χ1v) is 20.4. The lowest BCUT2D eigenvalue weighted by Gasteiger charge is -2.18. The van der Waals surface area contributed by atoms with Crippen molar-refractivity contribution < 1.29 is 37.8 Å². The summed E-state index contributed by atoms with van der Waals surface area (Å²) in [6.45, 7) is 10.7. The quantitative estimate of drug-likeness (QED) is 0.0240. The van der Waals surface area contributed by atoms with Crippen LogP contribution in [0.2, 0.25) is 0 Å². The predicted octanol–water partition coefficient (Wildman–Crippen LogP) is 6.53. The first-order chi connectivity index (χ1) is 28.5. The molecule has 16 nitrogen and oxygen atoms in total. The lowest BCUT2D eigenvalue weighted by molar-refractivity contribution is -0.558. The number of esters is 1. The second-order valence-electron chi connectivity index (χ2n) is 14.8. The van der Waals surface area contributed by atoms with Crippen LogP contribution < -0.4 is 10.2 Å². The Balaban J connectivity index is 1.08. The maximum Gasteiger partial charge on any atom is 0.511 e. The van der Waals surface area contributed by atoms with Gasteiger partial charge in [-0.3, -0.25) is 4.57 Å². The Morgan fingerprint density at radius 3 is 2.36 bits per heavy atom. The smallest absolute Gasteiger partial charge is 0.465 e. The number of aromatic nitrogens is 6. The van der Waals surface area contributed by atoms with Gasteiger partial charge < -0.3 is 23.8 Å². The van der Waals surface area contributed by atoms with E-state index in [4.69, 9.17) is 23.8 Å². The molecule has 0 amide bonds. The van der Waals surface area contributed by atoms with Crippen molar-refractivity contribution >= 4 is 33.6 Å². The molecule has 6 rings (SSSR count). The number of carbonyl (C=O) groups is 2. The van der Waals surface area contributed by atoms with Crippen LogP contribution in [0.3, 0.4) is 0 Å². The number of carbonyl (C=O) groups excluding carboxylic acids is 2. The van der Waals surface area contributed by atoms with Crippen molar-refractivity contribution in [3.63, 3.8) is 0 Å². The summed E-state index contributed by atoms with van der Waals surface area (Å²) in [5, 5.41) is 18.5. The number of para-hydroxylation sites is 1. The highest BCUT2D eigenvalue weighted by Gasteiger charge is 2.24. The number of hydrazine groups is 1.